The van der Waals surface area contributed by atoms with Gasteiger partial charge in [-0.25, -0.2) is 4.98 Å². The number of fused-ring (bicyclic) bond motifs is 7. The molecule has 0 aliphatic carbocycles. The van der Waals surface area contributed by atoms with Gasteiger partial charge in [-0.3, -0.25) is 0 Å². The molecule has 2 heterocycles. The largest absolute Gasteiger partial charge is 0.454 e. The summed E-state index contributed by atoms with van der Waals surface area (Å²) in [5.74, 6) is 0.603. The zero-order valence-electron chi connectivity index (χ0n) is 23.1. The summed E-state index contributed by atoms with van der Waals surface area (Å²) in [4.78, 5) is 7.13. The summed E-state index contributed by atoms with van der Waals surface area (Å²) in [5.41, 5.74) is 7.15. The summed E-state index contributed by atoms with van der Waals surface area (Å²) in [7, 11) is 0. The molecule has 43 heavy (non-hydrogen) atoms. The van der Waals surface area contributed by atoms with Crippen LogP contribution in [-0.2, 0) is 0 Å². The van der Waals surface area contributed by atoms with Gasteiger partial charge in [0.05, 0.1) is 11.4 Å². The van der Waals surface area contributed by atoms with Crippen molar-refractivity contribution in [2.45, 2.75) is 0 Å². The van der Waals surface area contributed by atoms with Crippen molar-refractivity contribution >= 4 is 71.6 Å². The van der Waals surface area contributed by atoms with Crippen LogP contribution >= 0.6 is 0 Å². The highest BCUT2D eigenvalue weighted by atomic mass is 16.4. The molecule has 0 saturated carbocycles. The van der Waals surface area contributed by atoms with Crippen LogP contribution in [-0.4, -0.2) is 4.98 Å². The molecule has 7 aromatic carbocycles. The van der Waals surface area contributed by atoms with Crippen LogP contribution in [0.5, 0.6) is 0 Å². The van der Waals surface area contributed by atoms with Gasteiger partial charge in [-0.2, -0.15) is 0 Å². The van der Waals surface area contributed by atoms with Crippen molar-refractivity contribution < 1.29 is 8.83 Å². The first-order chi connectivity index (χ1) is 21.3. The Bertz CT molecular complexity index is 2460. The fraction of sp³-hybridized carbons (Fsp3) is 0. The van der Waals surface area contributed by atoms with Gasteiger partial charge in [-0.1, -0.05) is 97.1 Å². The number of nitrogens with zero attached hydrogens (tertiary/aromatic N) is 2. The highest BCUT2D eigenvalue weighted by molar-refractivity contribution is 6.17. The highest BCUT2D eigenvalue weighted by Crippen LogP contribution is 2.46. The first-order valence-corrected chi connectivity index (χ1v) is 14.4. The van der Waals surface area contributed by atoms with E-state index in [-0.39, 0.29) is 0 Å². The predicted molar refractivity (Wildman–Crippen MR) is 176 cm³/mol. The number of benzene rings is 7. The zero-order chi connectivity index (χ0) is 28.3. The minimum absolute atomic E-state index is 0.603. The number of hydrogen-bond acceptors (Lipinski definition) is 4. The maximum Gasteiger partial charge on any atom is 0.227 e. The van der Waals surface area contributed by atoms with Crippen molar-refractivity contribution in [2.75, 3.05) is 4.90 Å². The maximum atomic E-state index is 6.70. The standard InChI is InChI=1S/C39H24N2O2/c1-3-12-25(13-4-1)39-40-33-23-32-31-20-11-21-34(38(31)42-36(32)24-37(33)43-39)41(27-15-5-2-6-16-27)35-22-26-14-7-8-17-28(26)29-18-9-10-19-30(29)35/h1-24H. The predicted octanol–water partition coefficient (Wildman–Crippen LogP) is 11.2. The summed E-state index contributed by atoms with van der Waals surface area (Å²) >= 11 is 0. The molecular weight excluding hydrogens is 528 g/mol. The molecule has 0 amide bonds. The van der Waals surface area contributed by atoms with Gasteiger partial charge in [-0.15, -0.1) is 0 Å². The third kappa shape index (κ3) is 3.74. The molecule has 0 aliphatic rings. The molecule has 9 aromatic rings. The Morgan fingerprint density at radius 3 is 2.00 bits per heavy atom. The molecule has 0 unspecified atom stereocenters. The molecule has 2 aromatic heterocycles. The summed E-state index contributed by atoms with van der Waals surface area (Å²) in [6.07, 6.45) is 0. The molecule has 0 spiro atoms. The van der Waals surface area contributed by atoms with Gasteiger partial charge in [0.1, 0.15) is 11.1 Å². The number of hydrogen-bond donors (Lipinski definition) is 0. The van der Waals surface area contributed by atoms with Gasteiger partial charge in [-0.05, 0) is 58.6 Å². The van der Waals surface area contributed by atoms with E-state index in [1.807, 2.05) is 42.5 Å². The summed E-state index contributed by atoms with van der Waals surface area (Å²) < 4.78 is 12.9. The summed E-state index contributed by atoms with van der Waals surface area (Å²) in [6.45, 7) is 0. The van der Waals surface area contributed by atoms with Crippen molar-refractivity contribution in [3.05, 3.63) is 146 Å². The van der Waals surface area contributed by atoms with Crippen molar-refractivity contribution in [2.24, 2.45) is 0 Å². The molecular formula is C39H24N2O2. The second-order valence-electron chi connectivity index (χ2n) is 10.8. The maximum absolute atomic E-state index is 6.70. The average molecular weight is 553 g/mol. The lowest BCUT2D eigenvalue weighted by Crippen LogP contribution is -2.10. The molecule has 0 N–H and O–H groups in total. The average Bonchev–Trinajstić information content (AvgIpc) is 3.66. The molecule has 202 valence electrons. The Morgan fingerprint density at radius 2 is 1.16 bits per heavy atom. The minimum Gasteiger partial charge on any atom is -0.454 e. The van der Waals surface area contributed by atoms with Crippen molar-refractivity contribution in [3.63, 3.8) is 0 Å². The molecule has 4 heteroatoms. The van der Waals surface area contributed by atoms with E-state index >= 15 is 0 Å². The smallest absolute Gasteiger partial charge is 0.227 e. The molecule has 0 atom stereocenters. The number of rotatable bonds is 4. The topological polar surface area (TPSA) is 42.4 Å². The molecule has 0 bridgehead atoms. The highest BCUT2D eigenvalue weighted by Gasteiger charge is 2.22. The number of oxazole rings is 1. The van der Waals surface area contributed by atoms with Gasteiger partial charge in [0.25, 0.3) is 0 Å². The number of aromatic nitrogens is 1. The van der Waals surface area contributed by atoms with Gasteiger partial charge >= 0.3 is 0 Å². The zero-order valence-corrected chi connectivity index (χ0v) is 23.1. The van der Waals surface area contributed by atoms with Crippen LogP contribution in [0.15, 0.2) is 154 Å². The Kier molecular flexibility index (Phi) is 5.16. The quantitative estimate of drug-likeness (QED) is 0.204. The van der Waals surface area contributed by atoms with Gasteiger partial charge in [0.15, 0.2) is 11.2 Å². The third-order valence-corrected chi connectivity index (χ3v) is 8.25. The van der Waals surface area contributed by atoms with E-state index in [1.54, 1.807) is 0 Å². The SMILES string of the molecule is c1ccc(-c2nc3cc4c(cc3o2)oc2c(N(c3ccccc3)c3cc5ccccc5c5ccccc35)cccc24)cc1. The van der Waals surface area contributed by atoms with E-state index in [9.17, 15) is 0 Å². The van der Waals surface area contributed by atoms with Crippen LogP contribution < -0.4 is 4.90 Å². The Hall–Kier alpha value is -5.87. The number of anilines is 3. The molecule has 9 rings (SSSR count). The normalized spacial score (nSPS) is 11.7. The second-order valence-corrected chi connectivity index (χ2v) is 10.8. The van der Waals surface area contributed by atoms with E-state index in [0.29, 0.717) is 11.5 Å². The minimum atomic E-state index is 0.603. The summed E-state index contributed by atoms with van der Waals surface area (Å²) in [5, 5.41) is 6.86. The fourth-order valence-electron chi connectivity index (χ4n) is 6.29. The van der Waals surface area contributed by atoms with Gasteiger partial charge in [0.2, 0.25) is 5.89 Å². The van der Waals surface area contributed by atoms with Crippen molar-refractivity contribution in [1.29, 1.82) is 0 Å². The monoisotopic (exact) mass is 552 g/mol. The lowest BCUT2D eigenvalue weighted by atomic mass is 9.99. The molecule has 0 saturated heterocycles. The number of para-hydroxylation sites is 2. The molecule has 4 nitrogen and oxygen atoms in total. The van der Waals surface area contributed by atoms with E-state index in [1.165, 1.54) is 21.5 Å². The lowest BCUT2D eigenvalue weighted by Gasteiger charge is -2.27. The Labute approximate surface area is 247 Å². The fourth-order valence-corrected chi connectivity index (χ4v) is 6.29. The molecule has 0 aliphatic heterocycles. The van der Waals surface area contributed by atoms with Crippen LogP contribution in [0.4, 0.5) is 17.1 Å². The van der Waals surface area contributed by atoms with E-state index in [4.69, 9.17) is 13.8 Å². The van der Waals surface area contributed by atoms with Crippen LogP contribution in [0.2, 0.25) is 0 Å². The van der Waals surface area contributed by atoms with E-state index in [2.05, 4.69) is 108 Å². The van der Waals surface area contributed by atoms with Crippen LogP contribution in [0.1, 0.15) is 0 Å². The van der Waals surface area contributed by atoms with Crippen LogP contribution in [0.25, 0.3) is 66.0 Å². The first kappa shape index (κ1) is 23.8. The lowest BCUT2D eigenvalue weighted by molar-refractivity contribution is 0.617. The van der Waals surface area contributed by atoms with Gasteiger partial charge < -0.3 is 13.7 Å². The molecule has 0 fully saturated rings. The second kappa shape index (κ2) is 9.33. The van der Waals surface area contributed by atoms with Crippen molar-refractivity contribution in [3.8, 4) is 11.5 Å². The Balaban J connectivity index is 1.31. The number of furan rings is 1. The van der Waals surface area contributed by atoms with Crippen LogP contribution in [0, 0.1) is 0 Å². The van der Waals surface area contributed by atoms with Crippen molar-refractivity contribution in [1.82, 2.24) is 4.98 Å². The third-order valence-electron chi connectivity index (χ3n) is 8.25. The van der Waals surface area contributed by atoms with Crippen LogP contribution in [0.3, 0.4) is 0 Å². The van der Waals surface area contributed by atoms with Gasteiger partial charge in [0, 0.05) is 33.5 Å². The molecule has 0 radical (unpaired) electrons. The summed E-state index contributed by atoms with van der Waals surface area (Å²) in [6, 6.07) is 50.4. The Morgan fingerprint density at radius 1 is 0.465 bits per heavy atom. The van der Waals surface area contributed by atoms with E-state index < -0.39 is 0 Å². The van der Waals surface area contributed by atoms with E-state index in [0.717, 1.165) is 50.1 Å². The first-order valence-electron chi connectivity index (χ1n) is 14.4.